The molecule has 5 rings (SSSR count). The maximum absolute atomic E-state index is 13.7. The molecule has 1 aliphatic heterocycles. The summed E-state index contributed by atoms with van der Waals surface area (Å²) in [5.41, 5.74) is 0.134. The van der Waals surface area contributed by atoms with Crippen LogP contribution in [0.2, 0.25) is 0 Å². The maximum atomic E-state index is 13.7. The molecular formula is C25H21Br2N3O6. The average molecular weight is 619 g/mol. The van der Waals surface area contributed by atoms with Gasteiger partial charge in [0.15, 0.2) is 5.78 Å². The van der Waals surface area contributed by atoms with Crippen LogP contribution in [0.5, 0.6) is 0 Å². The number of alkyl halides is 2. The van der Waals surface area contributed by atoms with Crippen molar-refractivity contribution in [2.75, 3.05) is 0 Å². The summed E-state index contributed by atoms with van der Waals surface area (Å²) in [6.45, 7) is 1.47. The van der Waals surface area contributed by atoms with Gasteiger partial charge in [0.2, 0.25) is 0 Å². The van der Waals surface area contributed by atoms with Crippen molar-refractivity contribution in [3.8, 4) is 0 Å². The second kappa shape index (κ2) is 9.19. The minimum Gasteiger partial charge on any atom is -0.292 e. The molecule has 0 spiro atoms. The fourth-order valence-electron chi connectivity index (χ4n) is 5.80. The van der Waals surface area contributed by atoms with Gasteiger partial charge in [-0.25, -0.2) is 5.01 Å². The van der Waals surface area contributed by atoms with Gasteiger partial charge in [0.1, 0.15) is 6.04 Å². The third kappa shape index (κ3) is 3.71. The van der Waals surface area contributed by atoms with E-state index >= 15 is 0 Å². The number of nitro benzene ring substituents is 1. The van der Waals surface area contributed by atoms with E-state index in [1.54, 1.807) is 30.3 Å². The summed E-state index contributed by atoms with van der Waals surface area (Å²) in [7, 11) is 0. The van der Waals surface area contributed by atoms with Gasteiger partial charge in [-0.05, 0) is 37.3 Å². The summed E-state index contributed by atoms with van der Waals surface area (Å²) in [5, 5.41) is 12.8. The van der Waals surface area contributed by atoms with Gasteiger partial charge in [0.05, 0.1) is 16.8 Å². The number of nitro groups is 1. The predicted molar refractivity (Wildman–Crippen MR) is 135 cm³/mol. The molecule has 2 aromatic carbocycles. The molecule has 7 atom stereocenters. The van der Waals surface area contributed by atoms with Gasteiger partial charge in [-0.15, -0.1) is 0 Å². The van der Waals surface area contributed by atoms with Crippen molar-refractivity contribution in [2.24, 2.45) is 23.7 Å². The van der Waals surface area contributed by atoms with E-state index < -0.39 is 46.3 Å². The Labute approximate surface area is 223 Å². The SMILES string of the molecule is C[C@H](C(=O)c1ccccc1)N(C(=O)c1ccc([N+](=O)[O-])cc1)N1C(=O)[C@@H]2[C@H]3C[C@@H]([C@H](Br)[C@H]3Br)[C@H]2C1=O. The molecule has 3 amide bonds. The molecule has 186 valence electrons. The average Bonchev–Trinajstić information content (AvgIpc) is 3.50. The molecule has 36 heavy (non-hydrogen) atoms. The highest BCUT2D eigenvalue weighted by Crippen LogP contribution is 2.60. The normalized spacial score (nSPS) is 29.2. The second-order valence-corrected chi connectivity index (χ2v) is 11.5. The van der Waals surface area contributed by atoms with Gasteiger partial charge in [0.25, 0.3) is 23.4 Å². The van der Waals surface area contributed by atoms with Crippen LogP contribution in [-0.4, -0.2) is 54.1 Å². The van der Waals surface area contributed by atoms with Crippen LogP contribution >= 0.6 is 31.9 Å². The van der Waals surface area contributed by atoms with E-state index in [-0.39, 0.29) is 32.7 Å². The van der Waals surface area contributed by atoms with Gasteiger partial charge in [0, 0.05) is 32.9 Å². The Morgan fingerprint density at radius 1 is 0.944 bits per heavy atom. The summed E-state index contributed by atoms with van der Waals surface area (Å²) in [6, 6.07) is 12.0. The number of hydrogen-bond acceptors (Lipinski definition) is 6. The molecule has 9 nitrogen and oxygen atoms in total. The van der Waals surface area contributed by atoms with Crippen LogP contribution in [0.15, 0.2) is 54.6 Å². The van der Waals surface area contributed by atoms with Gasteiger partial charge in [-0.2, -0.15) is 5.01 Å². The van der Waals surface area contributed by atoms with E-state index in [9.17, 15) is 29.3 Å². The maximum Gasteiger partial charge on any atom is 0.273 e. The number of Topliss-reactive ketones (excluding diaryl/α,β-unsaturated/α-hetero) is 1. The molecule has 2 saturated carbocycles. The number of hydrazine groups is 1. The molecule has 0 unspecified atom stereocenters. The number of benzene rings is 2. The number of rotatable bonds is 6. The molecule has 3 fully saturated rings. The van der Waals surface area contributed by atoms with Crippen LogP contribution in [0.1, 0.15) is 34.1 Å². The first-order chi connectivity index (χ1) is 17.1. The zero-order valence-electron chi connectivity index (χ0n) is 19.0. The number of amides is 3. The summed E-state index contributed by atoms with van der Waals surface area (Å²) in [4.78, 5) is 65.0. The van der Waals surface area contributed by atoms with E-state index in [0.717, 1.165) is 16.4 Å². The van der Waals surface area contributed by atoms with Gasteiger partial charge in [-0.1, -0.05) is 62.2 Å². The van der Waals surface area contributed by atoms with Crippen molar-refractivity contribution >= 4 is 61.1 Å². The second-order valence-electron chi connectivity index (χ2n) is 9.35. The minimum absolute atomic E-state index is 0.0163. The summed E-state index contributed by atoms with van der Waals surface area (Å²) < 4.78 is 0. The van der Waals surface area contributed by atoms with Crippen molar-refractivity contribution in [1.82, 2.24) is 10.0 Å². The van der Waals surface area contributed by atoms with Crippen LogP contribution in [0.3, 0.4) is 0 Å². The number of fused-ring (bicyclic) bond motifs is 5. The molecule has 1 saturated heterocycles. The van der Waals surface area contributed by atoms with Crippen molar-refractivity contribution < 1.29 is 24.1 Å². The molecule has 2 bridgehead atoms. The van der Waals surface area contributed by atoms with Crippen LogP contribution in [0.4, 0.5) is 5.69 Å². The number of ketones is 1. The number of hydrogen-bond donors (Lipinski definition) is 0. The third-order valence-corrected chi connectivity index (χ3v) is 10.7. The lowest BCUT2D eigenvalue weighted by Crippen LogP contribution is -2.56. The van der Waals surface area contributed by atoms with Crippen molar-refractivity contribution in [1.29, 1.82) is 0 Å². The highest BCUT2D eigenvalue weighted by atomic mass is 79.9. The van der Waals surface area contributed by atoms with Gasteiger partial charge in [-0.3, -0.25) is 29.3 Å². The first kappa shape index (κ1) is 24.8. The predicted octanol–water partition coefficient (Wildman–Crippen LogP) is 4.00. The molecule has 0 radical (unpaired) electrons. The molecule has 1 heterocycles. The van der Waals surface area contributed by atoms with Gasteiger partial charge >= 0.3 is 0 Å². The van der Waals surface area contributed by atoms with Crippen LogP contribution in [0.25, 0.3) is 0 Å². The lowest BCUT2D eigenvalue weighted by Gasteiger charge is -2.35. The number of carbonyl (C=O) groups is 4. The molecule has 0 aromatic heterocycles. The molecular weight excluding hydrogens is 598 g/mol. The first-order valence-corrected chi connectivity index (χ1v) is 13.3. The number of nitrogens with zero attached hydrogens (tertiary/aromatic N) is 3. The largest absolute Gasteiger partial charge is 0.292 e. The molecule has 0 N–H and O–H groups in total. The van der Waals surface area contributed by atoms with E-state index in [2.05, 4.69) is 31.9 Å². The number of imide groups is 1. The summed E-state index contributed by atoms with van der Waals surface area (Å²) >= 11 is 7.30. The first-order valence-electron chi connectivity index (χ1n) is 11.5. The quantitative estimate of drug-likeness (QED) is 0.159. The van der Waals surface area contributed by atoms with E-state index in [1.165, 1.54) is 31.2 Å². The summed E-state index contributed by atoms with van der Waals surface area (Å²) in [6.07, 6.45) is 0.723. The Hall–Kier alpha value is -2.92. The van der Waals surface area contributed by atoms with E-state index in [1.807, 2.05) is 0 Å². The van der Waals surface area contributed by atoms with Crippen LogP contribution in [0, 0.1) is 33.8 Å². The zero-order valence-corrected chi connectivity index (χ0v) is 22.2. The highest BCUT2D eigenvalue weighted by molar-refractivity contribution is 9.12. The summed E-state index contributed by atoms with van der Waals surface area (Å²) in [5.74, 6) is -3.48. The van der Waals surface area contributed by atoms with Gasteiger partial charge < -0.3 is 0 Å². The molecule has 2 aliphatic carbocycles. The monoisotopic (exact) mass is 617 g/mol. The van der Waals surface area contributed by atoms with Crippen molar-refractivity contribution in [3.05, 3.63) is 75.8 Å². The fraction of sp³-hybridized carbons (Fsp3) is 0.360. The Bertz CT molecular complexity index is 1240. The minimum atomic E-state index is -1.18. The Balaban J connectivity index is 1.55. The lowest BCUT2D eigenvalue weighted by molar-refractivity contribution is -0.384. The van der Waals surface area contributed by atoms with E-state index in [4.69, 9.17) is 0 Å². The number of halogens is 2. The van der Waals surface area contributed by atoms with Crippen molar-refractivity contribution in [2.45, 2.75) is 29.0 Å². The highest BCUT2D eigenvalue weighted by Gasteiger charge is 2.68. The topological polar surface area (TPSA) is 118 Å². The zero-order chi connectivity index (χ0) is 25.9. The lowest BCUT2D eigenvalue weighted by atomic mass is 9.81. The van der Waals surface area contributed by atoms with Crippen molar-refractivity contribution in [3.63, 3.8) is 0 Å². The number of carbonyl (C=O) groups excluding carboxylic acids is 4. The number of non-ortho nitro benzene ring substituents is 1. The van der Waals surface area contributed by atoms with Crippen LogP contribution < -0.4 is 0 Å². The smallest absolute Gasteiger partial charge is 0.273 e. The standard InChI is InChI=1S/C25H21Br2N3O6/c1-12(22(31)13-5-3-2-4-6-13)28(23(32)14-7-9-15(10-8-14)30(35)36)29-24(33)18-16-11-17(19(18)25(29)34)21(27)20(16)26/h2-10,12,16-21H,11H2,1H3/t12-,16-,17-,18-,19-,20+,21+/m1/s1. The molecule has 2 aromatic rings. The molecule has 3 aliphatic rings. The Morgan fingerprint density at radius 2 is 1.47 bits per heavy atom. The van der Waals surface area contributed by atoms with E-state index in [0.29, 0.717) is 5.56 Å². The van der Waals surface area contributed by atoms with Crippen LogP contribution in [-0.2, 0) is 9.59 Å². The Kier molecular flexibility index (Phi) is 6.32. The third-order valence-electron chi connectivity index (χ3n) is 7.52. The Morgan fingerprint density at radius 3 is 1.97 bits per heavy atom. The molecule has 11 heteroatoms. The fourth-order valence-corrected chi connectivity index (χ4v) is 7.67.